The summed E-state index contributed by atoms with van der Waals surface area (Å²) in [6.07, 6.45) is 2.51. The molecule has 1 saturated heterocycles. The summed E-state index contributed by atoms with van der Waals surface area (Å²) in [5.74, 6) is 0.236. The van der Waals surface area contributed by atoms with Gasteiger partial charge in [0, 0.05) is 49.7 Å². The summed E-state index contributed by atoms with van der Waals surface area (Å²) < 4.78 is 5.43. The van der Waals surface area contributed by atoms with Crippen LogP contribution in [0.3, 0.4) is 0 Å². The molecule has 3 aliphatic heterocycles. The first-order chi connectivity index (χ1) is 16.8. The molecular formula is C26H30ClN5O3. The van der Waals surface area contributed by atoms with Gasteiger partial charge in [0.15, 0.2) is 5.96 Å². The molecule has 0 bridgehead atoms. The Labute approximate surface area is 210 Å². The third kappa shape index (κ3) is 4.36. The number of benzene rings is 2. The van der Waals surface area contributed by atoms with Crippen LogP contribution in [0.5, 0.6) is 0 Å². The molecule has 0 saturated carbocycles. The van der Waals surface area contributed by atoms with Crippen molar-refractivity contribution in [2.45, 2.75) is 51.1 Å². The molecule has 0 spiro atoms. The van der Waals surface area contributed by atoms with Crippen LogP contribution >= 0.6 is 11.6 Å². The number of nitrogens with one attached hydrogen (secondary N) is 1. The van der Waals surface area contributed by atoms with E-state index in [1.807, 2.05) is 37.3 Å². The summed E-state index contributed by atoms with van der Waals surface area (Å²) in [6.45, 7) is 5.42. The fraction of sp³-hybridized carbons (Fsp3) is 0.423. The van der Waals surface area contributed by atoms with Crippen LogP contribution in [0.25, 0.3) is 0 Å². The van der Waals surface area contributed by atoms with E-state index in [-0.39, 0.29) is 30.2 Å². The van der Waals surface area contributed by atoms with Crippen molar-refractivity contribution >= 4 is 46.4 Å². The first-order valence-electron chi connectivity index (χ1n) is 12.0. The number of hydrogen-bond acceptors (Lipinski definition) is 6. The lowest BCUT2D eigenvalue weighted by atomic mass is 9.86. The molecule has 5 rings (SSSR count). The summed E-state index contributed by atoms with van der Waals surface area (Å²) in [6, 6.07) is 11.7. The van der Waals surface area contributed by atoms with Crippen LogP contribution in [0, 0.1) is 0 Å². The molecule has 0 aliphatic carbocycles. The molecule has 3 aliphatic rings. The standard InChI is InChI=1S/C26H30ClN5O3/c1-16(33)31-11-8-17-14-18(6-7-22(17)31)29-21-5-3-4-20(24(21)27)26(2)15-23(34)32(25(28)30-26)19-9-12-35-13-10-19/h3-7,14,19,29H,8-13,15H2,1-2H3,(H2,28,30). The van der Waals surface area contributed by atoms with E-state index in [2.05, 4.69) is 11.4 Å². The number of amides is 2. The molecule has 2 aromatic rings. The fourth-order valence-corrected chi connectivity index (χ4v) is 5.73. The number of ether oxygens (including phenoxy) is 1. The molecular weight excluding hydrogens is 466 g/mol. The summed E-state index contributed by atoms with van der Waals surface area (Å²) >= 11 is 6.88. The lowest BCUT2D eigenvalue weighted by molar-refractivity contribution is -0.132. The lowest BCUT2D eigenvalue weighted by Crippen LogP contribution is -2.55. The van der Waals surface area contributed by atoms with Gasteiger partial charge in [-0.3, -0.25) is 14.5 Å². The maximum atomic E-state index is 13.2. The van der Waals surface area contributed by atoms with Crippen molar-refractivity contribution in [1.29, 1.82) is 0 Å². The van der Waals surface area contributed by atoms with E-state index >= 15 is 0 Å². The molecule has 35 heavy (non-hydrogen) atoms. The number of carbonyl (C=O) groups is 2. The molecule has 184 valence electrons. The molecule has 0 aromatic heterocycles. The van der Waals surface area contributed by atoms with Gasteiger partial charge in [-0.05, 0) is 56.0 Å². The fourth-order valence-electron chi connectivity index (χ4n) is 5.35. The molecule has 8 nitrogen and oxygen atoms in total. The van der Waals surface area contributed by atoms with E-state index in [0.29, 0.717) is 24.8 Å². The monoisotopic (exact) mass is 495 g/mol. The predicted molar refractivity (Wildman–Crippen MR) is 137 cm³/mol. The molecule has 1 atom stereocenters. The second kappa shape index (κ2) is 9.17. The molecule has 0 radical (unpaired) electrons. The molecule has 1 unspecified atom stereocenters. The normalized spacial score (nSPS) is 22.7. The van der Waals surface area contributed by atoms with Gasteiger partial charge in [-0.25, -0.2) is 4.99 Å². The van der Waals surface area contributed by atoms with Crippen LogP contribution in [0.2, 0.25) is 5.02 Å². The average molecular weight is 496 g/mol. The summed E-state index contributed by atoms with van der Waals surface area (Å²) in [5.41, 5.74) is 9.90. The number of hydrogen-bond donors (Lipinski definition) is 2. The lowest BCUT2D eigenvalue weighted by Gasteiger charge is -2.40. The quantitative estimate of drug-likeness (QED) is 0.669. The Bertz CT molecular complexity index is 1210. The number of nitrogens with zero attached hydrogens (tertiary/aromatic N) is 3. The number of halogens is 1. The highest BCUT2D eigenvalue weighted by atomic mass is 35.5. The summed E-state index contributed by atoms with van der Waals surface area (Å²) in [7, 11) is 0. The predicted octanol–water partition coefficient (Wildman–Crippen LogP) is 3.93. The number of anilines is 3. The molecule has 3 N–H and O–H groups in total. The Balaban J connectivity index is 1.41. The van der Waals surface area contributed by atoms with Crippen molar-refractivity contribution in [3.05, 3.63) is 52.5 Å². The van der Waals surface area contributed by atoms with Crippen molar-refractivity contribution in [2.75, 3.05) is 30.0 Å². The summed E-state index contributed by atoms with van der Waals surface area (Å²) in [5, 5.41) is 3.91. The SMILES string of the molecule is CC(=O)N1CCc2cc(Nc3cccc(C4(C)CC(=O)N(C5CCOCC5)C(N)=N4)c3Cl)ccc21. The number of fused-ring (bicyclic) bond motifs is 1. The zero-order valence-electron chi connectivity index (χ0n) is 20.0. The Morgan fingerprint density at radius 2 is 2.03 bits per heavy atom. The Hall–Kier alpha value is -3.10. The second-order valence-corrected chi connectivity index (χ2v) is 9.96. The van der Waals surface area contributed by atoms with Gasteiger partial charge < -0.3 is 20.7 Å². The van der Waals surface area contributed by atoms with Crippen LogP contribution in [0.1, 0.15) is 44.2 Å². The van der Waals surface area contributed by atoms with Crippen LogP contribution < -0.4 is 16.0 Å². The van der Waals surface area contributed by atoms with Gasteiger partial charge in [0.25, 0.3) is 0 Å². The van der Waals surface area contributed by atoms with Crippen molar-refractivity contribution in [3.63, 3.8) is 0 Å². The smallest absolute Gasteiger partial charge is 0.232 e. The van der Waals surface area contributed by atoms with Gasteiger partial charge in [-0.15, -0.1) is 0 Å². The number of guanidine groups is 1. The zero-order chi connectivity index (χ0) is 24.7. The van der Waals surface area contributed by atoms with Crippen molar-refractivity contribution in [3.8, 4) is 0 Å². The minimum absolute atomic E-state index is 0.0201. The van der Waals surface area contributed by atoms with E-state index in [1.54, 1.807) is 16.7 Å². The third-order valence-corrected chi connectivity index (χ3v) is 7.55. The van der Waals surface area contributed by atoms with Crippen molar-refractivity contribution in [1.82, 2.24) is 4.90 Å². The maximum absolute atomic E-state index is 13.2. The molecule has 9 heteroatoms. The van der Waals surface area contributed by atoms with Crippen molar-refractivity contribution in [2.24, 2.45) is 10.7 Å². The highest BCUT2D eigenvalue weighted by molar-refractivity contribution is 6.34. The maximum Gasteiger partial charge on any atom is 0.232 e. The minimum atomic E-state index is -0.864. The van der Waals surface area contributed by atoms with Crippen LogP contribution in [-0.4, -0.2) is 48.5 Å². The van der Waals surface area contributed by atoms with Gasteiger partial charge >= 0.3 is 0 Å². The third-order valence-electron chi connectivity index (χ3n) is 7.14. The van der Waals surface area contributed by atoms with Gasteiger partial charge in [0.05, 0.1) is 22.7 Å². The highest BCUT2D eigenvalue weighted by Gasteiger charge is 2.41. The number of nitrogens with two attached hydrogens (primary N) is 1. The molecule has 3 heterocycles. The molecule has 2 amide bonds. The van der Waals surface area contributed by atoms with E-state index in [0.717, 1.165) is 47.5 Å². The van der Waals surface area contributed by atoms with E-state index in [4.69, 9.17) is 27.1 Å². The first kappa shape index (κ1) is 23.6. The average Bonchev–Trinajstić information content (AvgIpc) is 3.24. The van der Waals surface area contributed by atoms with Gasteiger partial charge in [0.1, 0.15) is 0 Å². The van der Waals surface area contributed by atoms with E-state index in [1.165, 1.54) is 0 Å². The Kier molecular flexibility index (Phi) is 6.19. The largest absolute Gasteiger partial charge is 0.381 e. The van der Waals surface area contributed by atoms with Crippen LogP contribution in [0.15, 0.2) is 41.4 Å². The number of carbonyl (C=O) groups excluding carboxylic acids is 2. The van der Waals surface area contributed by atoms with Gasteiger partial charge in [-0.2, -0.15) is 0 Å². The molecule has 2 aromatic carbocycles. The number of rotatable bonds is 4. The van der Waals surface area contributed by atoms with Gasteiger partial charge in [0.2, 0.25) is 11.8 Å². The van der Waals surface area contributed by atoms with E-state index in [9.17, 15) is 9.59 Å². The van der Waals surface area contributed by atoms with Gasteiger partial charge in [-0.1, -0.05) is 23.7 Å². The Morgan fingerprint density at radius 1 is 1.26 bits per heavy atom. The Morgan fingerprint density at radius 3 is 2.74 bits per heavy atom. The van der Waals surface area contributed by atoms with E-state index < -0.39 is 5.54 Å². The summed E-state index contributed by atoms with van der Waals surface area (Å²) in [4.78, 5) is 33.3. The first-order valence-corrected chi connectivity index (χ1v) is 12.4. The van der Waals surface area contributed by atoms with Crippen LogP contribution in [-0.2, 0) is 26.3 Å². The van der Waals surface area contributed by atoms with Crippen LogP contribution in [0.4, 0.5) is 17.1 Å². The number of aliphatic imine (C=N–C) groups is 1. The highest BCUT2D eigenvalue weighted by Crippen LogP contribution is 2.42. The minimum Gasteiger partial charge on any atom is -0.381 e. The molecule has 1 fully saturated rings. The topological polar surface area (TPSA) is 100 Å². The van der Waals surface area contributed by atoms with Crippen molar-refractivity contribution < 1.29 is 14.3 Å². The second-order valence-electron chi connectivity index (χ2n) is 9.58. The zero-order valence-corrected chi connectivity index (χ0v) is 20.8.